The number of likely N-dealkylation sites (tertiary alicyclic amines) is 1. The summed E-state index contributed by atoms with van der Waals surface area (Å²) in [5.41, 5.74) is 5.51. The Labute approximate surface area is 320 Å². The van der Waals surface area contributed by atoms with Gasteiger partial charge in [0.1, 0.15) is 12.2 Å². The molecule has 1 N–H and O–H groups in total. The highest BCUT2D eigenvalue weighted by Gasteiger charge is 2.34. The number of benzene rings is 4. The summed E-state index contributed by atoms with van der Waals surface area (Å²) in [6.45, 7) is 6.97. The van der Waals surface area contributed by atoms with Crippen molar-refractivity contribution in [1.82, 2.24) is 24.3 Å². The smallest absolute Gasteiger partial charge is 0.410 e. The molecule has 1 atom stereocenters. The average molecular weight is 743 g/mol. The minimum absolute atomic E-state index is 0.193. The van der Waals surface area contributed by atoms with E-state index in [1.807, 2.05) is 106 Å². The maximum atomic E-state index is 13.6. The van der Waals surface area contributed by atoms with Gasteiger partial charge < -0.3 is 24.3 Å². The van der Waals surface area contributed by atoms with Crippen LogP contribution in [0.4, 0.5) is 21.2 Å². The van der Waals surface area contributed by atoms with Crippen LogP contribution in [0, 0.1) is 0 Å². The molecule has 0 spiro atoms. The molecular weight excluding hydrogens is 700 g/mol. The van der Waals surface area contributed by atoms with Crippen molar-refractivity contribution >= 4 is 46.3 Å². The first-order chi connectivity index (χ1) is 26.1. The summed E-state index contributed by atoms with van der Waals surface area (Å²) in [6.07, 6.45) is 4.33. The van der Waals surface area contributed by atoms with Crippen molar-refractivity contribution in [3.05, 3.63) is 138 Å². The van der Waals surface area contributed by atoms with Crippen LogP contribution in [0.25, 0.3) is 27.8 Å². The number of halogens is 1. The highest BCUT2D eigenvalue weighted by atomic mass is 35.5. The zero-order valence-corrected chi connectivity index (χ0v) is 31.4. The zero-order chi connectivity index (χ0) is 37.7. The fraction of sp³-hybridized carbons (Fsp3) is 0.256. The number of aromatic nitrogens is 3. The van der Waals surface area contributed by atoms with E-state index in [1.165, 1.54) is 0 Å². The predicted octanol–water partition coefficient (Wildman–Crippen LogP) is 10.0. The lowest BCUT2D eigenvalue weighted by molar-refractivity contribution is 0.00246. The summed E-state index contributed by atoms with van der Waals surface area (Å²) in [5, 5.41) is 4.79. The standard InChI is InChI=1S/C43H43ClN6O4/c1-43(2,3)54-42(52)50(34-17-12-24-48(27-34)41(51)53-29-31-13-6-4-7-14-31)26-30-20-22-32(23-21-30)46-40-45-25-37(44)39(47-40)36-28-49(33-15-8-5-9-16-33)38-19-11-10-18-35(36)38/h4-11,13-16,18-23,25,28,34H,12,17,24,26-27,29H2,1-3H3,(H,45,46,47)/t34-/m1/s1. The Hall–Kier alpha value is -5.87. The van der Waals surface area contributed by atoms with E-state index in [0.29, 0.717) is 36.3 Å². The molecule has 0 bridgehead atoms. The van der Waals surface area contributed by atoms with Crippen LogP contribution in [0.3, 0.4) is 0 Å². The molecule has 0 unspecified atom stereocenters. The topological polar surface area (TPSA) is 102 Å². The van der Waals surface area contributed by atoms with Gasteiger partial charge in [-0.1, -0.05) is 90.5 Å². The Kier molecular flexibility index (Phi) is 10.8. The van der Waals surface area contributed by atoms with Crippen molar-refractivity contribution < 1.29 is 19.1 Å². The van der Waals surface area contributed by atoms with Crippen LogP contribution in [0.5, 0.6) is 0 Å². The number of hydrogen-bond donors (Lipinski definition) is 1. The molecule has 10 nitrogen and oxygen atoms in total. The van der Waals surface area contributed by atoms with Crippen LogP contribution in [-0.2, 0) is 22.6 Å². The second-order valence-electron chi connectivity index (χ2n) is 14.4. The molecular formula is C43H43ClN6O4. The Bertz CT molecular complexity index is 2220. The number of piperidine rings is 1. The van der Waals surface area contributed by atoms with Gasteiger partial charge in [0.15, 0.2) is 0 Å². The number of carbonyl (C=O) groups is 2. The van der Waals surface area contributed by atoms with Crippen LogP contribution in [0.1, 0.15) is 44.7 Å². The Morgan fingerprint density at radius 3 is 2.35 bits per heavy atom. The van der Waals surface area contributed by atoms with E-state index in [2.05, 4.69) is 45.3 Å². The van der Waals surface area contributed by atoms with Crippen molar-refractivity contribution in [3.63, 3.8) is 0 Å². The molecule has 4 aromatic carbocycles. The van der Waals surface area contributed by atoms with Gasteiger partial charge in [-0.2, -0.15) is 0 Å². The summed E-state index contributed by atoms with van der Waals surface area (Å²) in [6, 6.07) is 35.4. The minimum atomic E-state index is -0.681. The van der Waals surface area contributed by atoms with E-state index in [-0.39, 0.29) is 12.6 Å². The van der Waals surface area contributed by atoms with Gasteiger partial charge in [-0.3, -0.25) is 4.90 Å². The van der Waals surface area contributed by atoms with Crippen molar-refractivity contribution in [2.75, 3.05) is 18.4 Å². The number of nitrogens with one attached hydrogen (secondary N) is 1. The molecule has 3 heterocycles. The minimum Gasteiger partial charge on any atom is -0.445 e. The average Bonchev–Trinajstić information content (AvgIpc) is 3.57. The first-order valence-electron chi connectivity index (χ1n) is 18.1. The van der Waals surface area contributed by atoms with E-state index in [4.69, 9.17) is 26.1 Å². The van der Waals surface area contributed by atoms with Crippen LogP contribution >= 0.6 is 11.6 Å². The molecule has 0 radical (unpaired) electrons. The molecule has 2 amide bonds. The maximum Gasteiger partial charge on any atom is 0.410 e. The lowest BCUT2D eigenvalue weighted by Gasteiger charge is -2.39. The van der Waals surface area contributed by atoms with Gasteiger partial charge in [0.2, 0.25) is 5.95 Å². The number of ether oxygens (including phenoxy) is 2. The molecule has 0 aliphatic carbocycles. The second kappa shape index (κ2) is 16.0. The Balaban J connectivity index is 1.07. The quantitative estimate of drug-likeness (QED) is 0.157. The number of para-hydroxylation sites is 2. The number of fused-ring (bicyclic) bond motifs is 1. The first kappa shape index (κ1) is 36.5. The van der Waals surface area contributed by atoms with Crippen LogP contribution < -0.4 is 5.32 Å². The third kappa shape index (κ3) is 8.66. The number of amides is 2. The Morgan fingerprint density at radius 2 is 1.61 bits per heavy atom. The molecule has 1 fully saturated rings. The molecule has 1 saturated heterocycles. The molecule has 1 aliphatic rings. The normalized spacial score (nSPS) is 14.4. The summed E-state index contributed by atoms with van der Waals surface area (Å²) in [7, 11) is 0. The third-order valence-corrected chi connectivity index (χ3v) is 9.51. The number of anilines is 2. The van der Waals surface area contributed by atoms with Crippen molar-refractivity contribution in [3.8, 4) is 16.9 Å². The van der Waals surface area contributed by atoms with E-state index in [1.54, 1.807) is 16.0 Å². The van der Waals surface area contributed by atoms with Crippen molar-refractivity contribution in [2.24, 2.45) is 0 Å². The summed E-state index contributed by atoms with van der Waals surface area (Å²) in [5.74, 6) is 0.399. The fourth-order valence-corrected chi connectivity index (χ4v) is 6.85. The first-order valence-corrected chi connectivity index (χ1v) is 18.5. The highest BCUT2D eigenvalue weighted by molar-refractivity contribution is 6.33. The summed E-state index contributed by atoms with van der Waals surface area (Å²) >= 11 is 6.72. The molecule has 0 saturated carbocycles. The molecule has 276 valence electrons. The lowest BCUT2D eigenvalue weighted by atomic mass is 10.0. The maximum absolute atomic E-state index is 13.6. The number of rotatable bonds is 9. The molecule has 54 heavy (non-hydrogen) atoms. The molecule has 11 heteroatoms. The highest BCUT2D eigenvalue weighted by Crippen LogP contribution is 2.36. The summed E-state index contributed by atoms with van der Waals surface area (Å²) < 4.78 is 13.6. The SMILES string of the molecule is CC(C)(C)OC(=O)N(Cc1ccc(Nc2ncc(Cl)c(-c3cn(-c4ccccc4)c4ccccc34)n2)cc1)[C@@H]1CCCN(C(=O)OCc2ccccc2)C1. The van der Waals surface area contributed by atoms with Gasteiger partial charge >= 0.3 is 12.2 Å². The molecule has 1 aliphatic heterocycles. The van der Waals surface area contributed by atoms with Crippen LogP contribution in [0.15, 0.2) is 122 Å². The van der Waals surface area contributed by atoms with Gasteiger partial charge in [0, 0.05) is 48.2 Å². The fourth-order valence-electron chi connectivity index (χ4n) is 6.65. The summed E-state index contributed by atoms with van der Waals surface area (Å²) in [4.78, 5) is 39.4. The third-order valence-electron chi connectivity index (χ3n) is 9.24. The zero-order valence-electron chi connectivity index (χ0n) is 30.6. The molecule has 6 aromatic rings. The van der Waals surface area contributed by atoms with Gasteiger partial charge in [0.25, 0.3) is 0 Å². The number of nitrogens with zero attached hydrogens (tertiary/aromatic N) is 5. The van der Waals surface area contributed by atoms with Crippen LogP contribution in [-0.4, -0.2) is 61.3 Å². The Morgan fingerprint density at radius 1 is 0.907 bits per heavy atom. The van der Waals surface area contributed by atoms with E-state index in [0.717, 1.165) is 51.8 Å². The number of hydrogen-bond acceptors (Lipinski definition) is 7. The van der Waals surface area contributed by atoms with Gasteiger partial charge in [0.05, 0.1) is 28.5 Å². The molecule has 7 rings (SSSR count). The molecule has 2 aromatic heterocycles. The van der Waals surface area contributed by atoms with Gasteiger partial charge in [-0.05, 0) is 75.1 Å². The van der Waals surface area contributed by atoms with E-state index < -0.39 is 17.8 Å². The number of carbonyl (C=O) groups excluding carboxylic acids is 2. The predicted molar refractivity (Wildman–Crippen MR) is 212 cm³/mol. The van der Waals surface area contributed by atoms with E-state index in [9.17, 15) is 9.59 Å². The van der Waals surface area contributed by atoms with Gasteiger partial charge in [-0.25, -0.2) is 19.6 Å². The monoisotopic (exact) mass is 742 g/mol. The van der Waals surface area contributed by atoms with Crippen molar-refractivity contribution in [1.29, 1.82) is 0 Å². The van der Waals surface area contributed by atoms with Gasteiger partial charge in [-0.15, -0.1) is 0 Å². The van der Waals surface area contributed by atoms with Crippen molar-refractivity contribution in [2.45, 2.75) is 58.4 Å². The second-order valence-corrected chi connectivity index (χ2v) is 14.8. The largest absolute Gasteiger partial charge is 0.445 e. The van der Waals surface area contributed by atoms with E-state index >= 15 is 0 Å². The van der Waals surface area contributed by atoms with Crippen LogP contribution in [0.2, 0.25) is 5.02 Å². The lowest BCUT2D eigenvalue weighted by Crippen LogP contribution is -2.52.